The zero-order valence-corrected chi connectivity index (χ0v) is 12.9. The molecule has 0 saturated carbocycles. The SMILES string of the molecule is CCC(C)c1ccc(Oc2cccc(F)c2C(N)=S)cc1. The summed E-state index contributed by atoms with van der Waals surface area (Å²) >= 11 is 4.88. The number of hydrogen-bond acceptors (Lipinski definition) is 2. The maximum Gasteiger partial charge on any atom is 0.140 e. The van der Waals surface area contributed by atoms with Gasteiger partial charge in [-0.3, -0.25) is 0 Å². The zero-order chi connectivity index (χ0) is 15.4. The summed E-state index contributed by atoms with van der Waals surface area (Å²) in [7, 11) is 0. The smallest absolute Gasteiger partial charge is 0.140 e. The molecular weight excluding hydrogens is 285 g/mol. The minimum absolute atomic E-state index is 0.0145. The van der Waals surface area contributed by atoms with E-state index in [2.05, 4.69) is 13.8 Å². The van der Waals surface area contributed by atoms with Crippen LogP contribution in [0.15, 0.2) is 42.5 Å². The lowest BCUT2D eigenvalue weighted by atomic mass is 9.99. The first-order valence-electron chi connectivity index (χ1n) is 6.89. The van der Waals surface area contributed by atoms with Crippen LogP contribution in [-0.4, -0.2) is 4.99 Å². The molecule has 0 fully saturated rings. The molecule has 0 aliphatic rings. The summed E-state index contributed by atoms with van der Waals surface area (Å²) in [5.41, 5.74) is 6.95. The summed E-state index contributed by atoms with van der Waals surface area (Å²) in [4.78, 5) is -0.0145. The number of rotatable bonds is 5. The lowest BCUT2D eigenvalue weighted by Gasteiger charge is -2.13. The van der Waals surface area contributed by atoms with E-state index >= 15 is 0 Å². The van der Waals surface area contributed by atoms with E-state index in [4.69, 9.17) is 22.7 Å². The highest BCUT2D eigenvalue weighted by Gasteiger charge is 2.13. The van der Waals surface area contributed by atoms with E-state index in [-0.39, 0.29) is 10.6 Å². The highest BCUT2D eigenvalue weighted by molar-refractivity contribution is 7.80. The predicted octanol–water partition coefficient (Wildman–Crippen LogP) is 4.77. The summed E-state index contributed by atoms with van der Waals surface area (Å²) in [5, 5.41) is 0. The summed E-state index contributed by atoms with van der Waals surface area (Å²) in [6.07, 6.45) is 1.08. The molecule has 0 aliphatic heterocycles. The van der Waals surface area contributed by atoms with Crippen LogP contribution in [0.2, 0.25) is 0 Å². The van der Waals surface area contributed by atoms with Gasteiger partial charge in [0.25, 0.3) is 0 Å². The van der Waals surface area contributed by atoms with Crippen LogP contribution in [0, 0.1) is 5.82 Å². The van der Waals surface area contributed by atoms with E-state index in [1.807, 2.05) is 24.3 Å². The van der Waals surface area contributed by atoms with Crippen molar-refractivity contribution in [3.8, 4) is 11.5 Å². The quantitative estimate of drug-likeness (QED) is 0.808. The zero-order valence-electron chi connectivity index (χ0n) is 12.1. The van der Waals surface area contributed by atoms with Crippen molar-refractivity contribution in [1.82, 2.24) is 0 Å². The third kappa shape index (κ3) is 3.58. The Hall–Kier alpha value is -1.94. The minimum atomic E-state index is -0.476. The molecule has 2 N–H and O–H groups in total. The van der Waals surface area contributed by atoms with Crippen LogP contribution < -0.4 is 10.5 Å². The second-order valence-corrected chi connectivity index (χ2v) is 5.40. The minimum Gasteiger partial charge on any atom is -0.457 e. The van der Waals surface area contributed by atoms with Crippen molar-refractivity contribution in [2.75, 3.05) is 0 Å². The van der Waals surface area contributed by atoms with Crippen LogP contribution in [0.1, 0.15) is 37.3 Å². The van der Waals surface area contributed by atoms with Gasteiger partial charge in [0.05, 0.1) is 5.56 Å². The van der Waals surface area contributed by atoms with E-state index in [0.717, 1.165) is 6.42 Å². The molecule has 4 heteroatoms. The van der Waals surface area contributed by atoms with Crippen LogP contribution in [0.4, 0.5) is 4.39 Å². The number of benzene rings is 2. The lowest BCUT2D eigenvalue weighted by molar-refractivity contribution is 0.475. The molecule has 1 atom stereocenters. The first kappa shape index (κ1) is 15.4. The highest BCUT2D eigenvalue weighted by atomic mass is 32.1. The van der Waals surface area contributed by atoms with E-state index < -0.39 is 5.82 Å². The summed E-state index contributed by atoms with van der Waals surface area (Å²) in [5.74, 6) is 0.987. The van der Waals surface area contributed by atoms with Gasteiger partial charge >= 0.3 is 0 Å². The summed E-state index contributed by atoms with van der Waals surface area (Å²) in [6.45, 7) is 4.32. The average molecular weight is 303 g/mol. The first-order valence-corrected chi connectivity index (χ1v) is 7.30. The van der Waals surface area contributed by atoms with Gasteiger partial charge in [-0.05, 0) is 42.2 Å². The van der Waals surface area contributed by atoms with Crippen LogP contribution in [-0.2, 0) is 0 Å². The fourth-order valence-electron chi connectivity index (χ4n) is 2.06. The second kappa shape index (κ2) is 6.68. The molecular formula is C17H18FNOS. The summed E-state index contributed by atoms with van der Waals surface area (Å²) < 4.78 is 19.5. The van der Waals surface area contributed by atoms with Crippen LogP contribution in [0.25, 0.3) is 0 Å². The Morgan fingerprint density at radius 2 is 1.90 bits per heavy atom. The Labute approximate surface area is 129 Å². The molecule has 2 nitrogen and oxygen atoms in total. The number of thiocarbonyl (C=S) groups is 1. The van der Waals surface area contributed by atoms with Crippen LogP contribution >= 0.6 is 12.2 Å². The monoisotopic (exact) mass is 303 g/mol. The Morgan fingerprint density at radius 3 is 2.48 bits per heavy atom. The van der Waals surface area contributed by atoms with Gasteiger partial charge in [-0.1, -0.05) is 44.3 Å². The number of halogens is 1. The first-order chi connectivity index (χ1) is 10.0. The second-order valence-electron chi connectivity index (χ2n) is 4.96. The molecule has 21 heavy (non-hydrogen) atoms. The molecule has 0 amide bonds. The molecule has 0 saturated heterocycles. The third-order valence-corrected chi connectivity index (χ3v) is 3.72. The molecule has 0 aliphatic carbocycles. The Kier molecular flexibility index (Phi) is 4.91. The maximum absolute atomic E-state index is 13.8. The van der Waals surface area contributed by atoms with E-state index in [1.54, 1.807) is 12.1 Å². The van der Waals surface area contributed by atoms with Crippen molar-refractivity contribution >= 4 is 17.2 Å². The molecule has 1 unspecified atom stereocenters. The van der Waals surface area contributed by atoms with Gasteiger partial charge in [-0.15, -0.1) is 0 Å². The van der Waals surface area contributed by atoms with Gasteiger partial charge < -0.3 is 10.5 Å². The largest absolute Gasteiger partial charge is 0.457 e. The Balaban J connectivity index is 2.27. The van der Waals surface area contributed by atoms with Crippen LogP contribution in [0.5, 0.6) is 11.5 Å². The standard InChI is InChI=1S/C17H18FNOS/c1-3-11(2)12-7-9-13(10-8-12)20-15-6-4-5-14(18)16(15)17(19)21/h4-11H,3H2,1-2H3,(H2,19,21). The molecule has 0 heterocycles. The maximum atomic E-state index is 13.8. The van der Waals surface area contributed by atoms with Crippen molar-refractivity contribution in [3.63, 3.8) is 0 Å². The number of hydrogen-bond donors (Lipinski definition) is 1. The predicted molar refractivity (Wildman–Crippen MR) is 87.5 cm³/mol. The molecule has 0 bridgehead atoms. The van der Waals surface area contributed by atoms with Crippen LogP contribution in [0.3, 0.4) is 0 Å². The van der Waals surface area contributed by atoms with E-state index in [9.17, 15) is 4.39 Å². The number of ether oxygens (including phenoxy) is 1. The topological polar surface area (TPSA) is 35.2 Å². The molecule has 0 spiro atoms. The molecule has 2 rings (SSSR count). The van der Waals surface area contributed by atoms with Crippen molar-refractivity contribution in [1.29, 1.82) is 0 Å². The summed E-state index contributed by atoms with van der Waals surface area (Å²) in [6, 6.07) is 12.3. The Morgan fingerprint density at radius 1 is 1.24 bits per heavy atom. The van der Waals surface area contributed by atoms with Gasteiger partial charge in [0.1, 0.15) is 22.3 Å². The molecule has 0 radical (unpaired) electrons. The molecule has 2 aromatic carbocycles. The van der Waals surface area contributed by atoms with E-state index in [0.29, 0.717) is 17.4 Å². The van der Waals surface area contributed by atoms with Crippen molar-refractivity contribution in [2.45, 2.75) is 26.2 Å². The molecule has 0 aromatic heterocycles. The van der Waals surface area contributed by atoms with Crippen molar-refractivity contribution < 1.29 is 9.13 Å². The van der Waals surface area contributed by atoms with Gasteiger partial charge in [0, 0.05) is 0 Å². The average Bonchev–Trinajstić information content (AvgIpc) is 2.47. The fourth-order valence-corrected chi connectivity index (χ4v) is 2.25. The van der Waals surface area contributed by atoms with E-state index in [1.165, 1.54) is 11.6 Å². The van der Waals surface area contributed by atoms with Gasteiger partial charge in [-0.25, -0.2) is 4.39 Å². The van der Waals surface area contributed by atoms with Gasteiger partial charge in [-0.2, -0.15) is 0 Å². The highest BCUT2D eigenvalue weighted by Crippen LogP contribution is 2.28. The van der Waals surface area contributed by atoms with Gasteiger partial charge in [0.15, 0.2) is 0 Å². The molecule has 110 valence electrons. The fraction of sp³-hybridized carbons (Fsp3) is 0.235. The van der Waals surface area contributed by atoms with Crippen molar-refractivity contribution in [3.05, 3.63) is 59.4 Å². The van der Waals surface area contributed by atoms with Crippen molar-refractivity contribution in [2.24, 2.45) is 5.73 Å². The lowest BCUT2D eigenvalue weighted by Crippen LogP contribution is -2.13. The Bertz CT molecular complexity index is 640. The third-order valence-electron chi connectivity index (χ3n) is 3.51. The normalized spacial score (nSPS) is 12.0. The van der Waals surface area contributed by atoms with Gasteiger partial charge in [0.2, 0.25) is 0 Å². The number of nitrogens with two attached hydrogens (primary N) is 1. The molecule has 2 aromatic rings.